The van der Waals surface area contributed by atoms with Gasteiger partial charge in [0, 0.05) is 24.8 Å². The second-order valence-corrected chi connectivity index (χ2v) is 6.55. The molecule has 0 unspecified atom stereocenters. The Kier molecular flexibility index (Phi) is 4.51. The molecule has 3 heterocycles. The lowest BCUT2D eigenvalue weighted by Gasteiger charge is -2.27. The first kappa shape index (κ1) is 17.5. The molecule has 5 nitrogen and oxygen atoms in total. The minimum atomic E-state index is -1.01. The minimum Gasteiger partial charge on any atom is -0.462 e. The fourth-order valence-corrected chi connectivity index (χ4v) is 3.61. The van der Waals surface area contributed by atoms with E-state index in [2.05, 4.69) is 5.10 Å². The van der Waals surface area contributed by atoms with Crippen molar-refractivity contribution in [2.45, 2.75) is 25.6 Å². The van der Waals surface area contributed by atoms with E-state index in [1.54, 1.807) is 35.8 Å². The summed E-state index contributed by atoms with van der Waals surface area (Å²) in [4.78, 5) is 14.0. The normalized spacial score (nSPS) is 19.6. The van der Waals surface area contributed by atoms with E-state index >= 15 is 0 Å². The Morgan fingerprint density at radius 1 is 1.33 bits per heavy atom. The zero-order valence-corrected chi connectivity index (χ0v) is 14.8. The lowest BCUT2D eigenvalue weighted by atomic mass is 10.0. The van der Waals surface area contributed by atoms with Gasteiger partial charge in [0.1, 0.15) is 17.6 Å². The molecule has 27 heavy (non-hydrogen) atoms. The first-order chi connectivity index (χ1) is 13.1. The van der Waals surface area contributed by atoms with Gasteiger partial charge in [0.25, 0.3) is 0 Å². The van der Waals surface area contributed by atoms with Crippen molar-refractivity contribution in [1.82, 2.24) is 9.61 Å². The Hall–Kier alpha value is -2.96. The van der Waals surface area contributed by atoms with Gasteiger partial charge in [-0.3, -0.25) is 0 Å². The van der Waals surface area contributed by atoms with Gasteiger partial charge in [-0.2, -0.15) is 5.10 Å². The van der Waals surface area contributed by atoms with Crippen molar-refractivity contribution in [2.24, 2.45) is 0 Å². The number of esters is 1. The number of carbonyl (C=O) groups excluding carboxylic acids is 1. The van der Waals surface area contributed by atoms with Crippen LogP contribution in [0.3, 0.4) is 0 Å². The number of hydrogen-bond acceptors (Lipinski definition) is 4. The number of nitrogens with zero attached hydrogens (tertiary/aromatic N) is 3. The molecule has 0 amide bonds. The molecule has 0 spiro atoms. The maximum atomic E-state index is 14.2. The van der Waals surface area contributed by atoms with Gasteiger partial charge in [0.05, 0.1) is 24.4 Å². The quantitative estimate of drug-likeness (QED) is 0.652. The van der Waals surface area contributed by atoms with Crippen molar-refractivity contribution >= 4 is 17.2 Å². The number of ether oxygens (including phenoxy) is 1. The van der Waals surface area contributed by atoms with Crippen molar-refractivity contribution in [1.29, 1.82) is 0 Å². The number of pyridine rings is 1. The van der Waals surface area contributed by atoms with E-state index in [4.69, 9.17) is 4.74 Å². The molecule has 2 atom stereocenters. The predicted octanol–water partition coefficient (Wildman–Crippen LogP) is 3.94. The number of halogens is 2. The fraction of sp³-hybridized carbons (Fsp3) is 0.300. The summed E-state index contributed by atoms with van der Waals surface area (Å²) in [6.45, 7) is 2.22. The summed E-state index contributed by atoms with van der Waals surface area (Å²) in [6, 6.07) is 9.60. The van der Waals surface area contributed by atoms with E-state index in [9.17, 15) is 13.6 Å². The molecule has 2 aromatic heterocycles. The molecule has 0 N–H and O–H groups in total. The summed E-state index contributed by atoms with van der Waals surface area (Å²) >= 11 is 0. The second kappa shape index (κ2) is 6.98. The van der Waals surface area contributed by atoms with Gasteiger partial charge >= 0.3 is 5.97 Å². The Labute approximate surface area is 155 Å². The van der Waals surface area contributed by atoms with Crippen LogP contribution in [0.2, 0.25) is 0 Å². The third kappa shape index (κ3) is 3.25. The first-order valence-electron chi connectivity index (χ1n) is 8.87. The van der Waals surface area contributed by atoms with Gasteiger partial charge in [0.15, 0.2) is 0 Å². The van der Waals surface area contributed by atoms with Crippen molar-refractivity contribution < 1.29 is 18.3 Å². The molecule has 0 saturated carbocycles. The highest BCUT2D eigenvalue weighted by atomic mass is 19.1. The van der Waals surface area contributed by atoms with Gasteiger partial charge in [-0.05, 0) is 36.8 Å². The molecule has 1 aliphatic rings. The number of fused-ring (bicyclic) bond motifs is 1. The molecular weight excluding hydrogens is 352 g/mol. The third-order valence-electron chi connectivity index (χ3n) is 4.82. The van der Waals surface area contributed by atoms with Crippen LogP contribution in [0.4, 0.5) is 14.5 Å². The van der Waals surface area contributed by atoms with Crippen LogP contribution in [0.5, 0.6) is 0 Å². The number of rotatable bonds is 4. The maximum absolute atomic E-state index is 14.2. The van der Waals surface area contributed by atoms with Crippen molar-refractivity contribution in [3.05, 3.63) is 65.7 Å². The molecule has 1 aliphatic heterocycles. The summed E-state index contributed by atoms with van der Waals surface area (Å²) in [6.07, 6.45) is 2.47. The zero-order chi connectivity index (χ0) is 19.0. The average molecular weight is 371 g/mol. The third-order valence-corrected chi connectivity index (χ3v) is 4.82. The van der Waals surface area contributed by atoms with E-state index in [-0.39, 0.29) is 25.0 Å². The van der Waals surface area contributed by atoms with Crippen LogP contribution in [-0.2, 0) is 4.74 Å². The molecule has 1 saturated heterocycles. The number of alkyl halides is 1. The van der Waals surface area contributed by atoms with Crippen molar-refractivity contribution in [2.75, 3.05) is 18.1 Å². The Bertz CT molecular complexity index is 988. The molecule has 0 aliphatic carbocycles. The Morgan fingerprint density at radius 3 is 2.96 bits per heavy atom. The molecule has 3 aromatic rings. The highest BCUT2D eigenvalue weighted by Crippen LogP contribution is 2.38. The van der Waals surface area contributed by atoms with Crippen LogP contribution in [0.1, 0.15) is 35.3 Å². The molecule has 0 bridgehead atoms. The van der Waals surface area contributed by atoms with Crippen LogP contribution in [0, 0.1) is 5.82 Å². The lowest BCUT2D eigenvalue weighted by Crippen LogP contribution is -2.23. The van der Waals surface area contributed by atoms with Crippen LogP contribution < -0.4 is 4.90 Å². The molecule has 140 valence electrons. The Morgan fingerprint density at radius 2 is 2.19 bits per heavy atom. The van der Waals surface area contributed by atoms with E-state index in [0.29, 0.717) is 17.5 Å². The number of carbonyl (C=O) groups is 1. The number of anilines is 1. The van der Waals surface area contributed by atoms with Crippen molar-refractivity contribution in [3.63, 3.8) is 0 Å². The van der Waals surface area contributed by atoms with E-state index in [0.717, 1.165) is 11.3 Å². The zero-order valence-electron chi connectivity index (χ0n) is 14.8. The van der Waals surface area contributed by atoms with Gasteiger partial charge in [0.2, 0.25) is 0 Å². The van der Waals surface area contributed by atoms with E-state index in [1.165, 1.54) is 18.3 Å². The predicted molar refractivity (Wildman–Crippen MR) is 97.1 cm³/mol. The van der Waals surface area contributed by atoms with Gasteiger partial charge in [-0.15, -0.1) is 0 Å². The molecule has 7 heteroatoms. The summed E-state index contributed by atoms with van der Waals surface area (Å²) in [5.41, 5.74) is 2.43. The maximum Gasteiger partial charge on any atom is 0.341 e. The molecular formula is C20H19F2N3O2. The largest absolute Gasteiger partial charge is 0.462 e. The fourth-order valence-electron chi connectivity index (χ4n) is 3.61. The lowest BCUT2D eigenvalue weighted by molar-refractivity contribution is 0.0528. The standard InChI is InChI=1S/C20H19F2N3O2/c1-2-27-20(26)17-11-23-25-7-6-16(10-19(17)25)24-12-15(22)9-18(24)13-4-3-5-14(21)8-13/h3-8,10-11,15,18H,2,9,12H2,1H3/t15-,18+/m0/s1. The van der Waals surface area contributed by atoms with Crippen LogP contribution in [0.15, 0.2) is 48.8 Å². The average Bonchev–Trinajstić information content (AvgIpc) is 3.25. The van der Waals surface area contributed by atoms with E-state index < -0.39 is 12.1 Å². The minimum absolute atomic E-state index is 0.209. The van der Waals surface area contributed by atoms with Crippen LogP contribution in [-0.4, -0.2) is 34.9 Å². The highest BCUT2D eigenvalue weighted by Gasteiger charge is 2.34. The summed E-state index contributed by atoms with van der Waals surface area (Å²) in [5.74, 6) is -0.790. The summed E-state index contributed by atoms with van der Waals surface area (Å²) in [5, 5.41) is 4.17. The monoisotopic (exact) mass is 371 g/mol. The van der Waals surface area contributed by atoms with Gasteiger partial charge in [-0.1, -0.05) is 12.1 Å². The van der Waals surface area contributed by atoms with Gasteiger partial charge in [-0.25, -0.2) is 18.1 Å². The smallest absolute Gasteiger partial charge is 0.341 e. The number of benzene rings is 1. The first-order valence-corrected chi connectivity index (χ1v) is 8.87. The summed E-state index contributed by atoms with van der Waals surface area (Å²) in [7, 11) is 0. The molecule has 4 rings (SSSR count). The highest BCUT2D eigenvalue weighted by molar-refractivity contribution is 5.97. The topological polar surface area (TPSA) is 46.8 Å². The van der Waals surface area contributed by atoms with E-state index in [1.807, 2.05) is 11.0 Å². The Balaban J connectivity index is 1.73. The summed E-state index contributed by atoms with van der Waals surface area (Å²) < 4.78 is 34.5. The van der Waals surface area contributed by atoms with Crippen LogP contribution in [0.25, 0.3) is 5.52 Å². The molecule has 1 aromatic carbocycles. The van der Waals surface area contributed by atoms with Gasteiger partial charge < -0.3 is 9.64 Å². The van der Waals surface area contributed by atoms with Crippen LogP contribution >= 0.6 is 0 Å². The number of hydrogen-bond donors (Lipinski definition) is 0. The molecule has 1 fully saturated rings. The second-order valence-electron chi connectivity index (χ2n) is 6.55. The number of aromatic nitrogens is 2. The molecule has 0 radical (unpaired) electrons. The SMILES string of the molecule is CCOC(=O)c1cnn2ccc(N3C[C@@H](F)C[C@@H]3c3cccc(F)c3)cc12. The van der Waals surface area contributed by atoms with Crippen molar-refractivity contribution in [3.8, 4) is 0 Å².